The number of hydrogen-bond donors (Lipinski definition) is 2. The van der Waals surface area contributed by atoms with Crippen molar-refractivity contribution in [3.05, 3.63) is 0 Å². The second-order valence-corrected chi connectivity index (χ2v) is 6.84. The highest BCUT2D eigenvalue weighted by Gasteiger charge is 2.38. The van der Waals surface area contributed by atoms with Crippen molar-refractivity contribution < 1.29 is 23.6 Å². The van der Waals surface area contributed by atoms with Gasteiger partial charge < -0.3 is 19.6 Å². The highest BCUT2D eigenvalue weighted by atomic mass is 31.2. The van der Waals surface area contributed by atoms with E-state index in [2.05, 4.69) is 10.5 Å². The van der Waals surface area contributed by atoms with Gasteiger partial charge in [0.1, 0.15) is 0 Å². The molecule has 0 unspecified atom stereocenters. The molecule has 0 spiro atoms. The van der Waals surface area contributed by atoms with Crippen molar-refractivity contribution >= 4 is 19.0 Å². The lowest BCUT2D eigenvalue weighted by Gasteiger charge is -2.18. The number of carbonyl (C=O) groups excluding carboxylic acids is 1. The maximum atomic E-state index is 12.8. The first-order valence-electron chi connectivity index (χ1n) is 7.95. The molecule has 0 atom stereocenters. The van der Waals surface area contributed by atoms with Gasteiger partial charge in [0.2, 0.25) is 0 Å². The van der Waals surface area contributed by atoms with Gasteiger partial charge >= 0.3 is 7.60 Å². The Morgan fingerprint density at radius 2 is 1.55 bits per heavy atom. The lowest BCUT2D eigenvalue weighted by molar-refractivity contribution is -0.114. The first kappa shape index (κ1) is 21.1. The molecule has 0 aromatic carbocycles. The van der Waals surface area contributed by atoms with Gasteiger partial charge in [-0.3, -0.25) is 9.36 Å². The monoisotopic (exact) mass is 336 g/mol. The average Bonchev–Trinajstić information content (AvgIpc) is 2.49. The minimum absolute atomic E-state index is 0.182. The summed E-state index contributed by atoms with van der Waals surface area (Å²) in [6.07, 6.45) is 4.74. The van der Waals surface area contributed by atoms with E-state index >= 15 is 0 Å². The normalized spacial score (nSPS) is 12.4. The zero-order valence-corrected chi connectivity index (χ0v) is 14.7. The first-order valence-corrected chi connectivity index (χ1v) is 9.49. The maximum absolute atomic E-state index is 12.8. The SMILES string of the molecule is CCCCNC(=O)/C(=N\O)P(=O)(OCCCC)OCCCC. The average molecular weight is 336 g/mol. The maximum Gasteiger partial charge on any atom is 0.388 e. The molecule has 0 fully saturated rings. The number of unbranched alkanes of at least 4 members (excludes halogenated alkanes) is 3. The third kappa shape index (κ3) is 7.92. The van der Waals surface area contributed by atoms with Crippen LogP contribution in [-0.4, -0.2) is 36.3 Å². The summed E-state index contributed by atoms with van der Waals surface area (Å²) in [4.78, 5) is 12.0. The van der Waals surface area contributed by atoms with Gasteiger partial charge in [0.05, 0.1) is 13.2 Å². The molecule has 8 heteroatoms. The Morgan fingerprint density at radius 1 is 1.05 bits per heavy atom. The third-order valence-corrected chi connectivity index (χ3v) is 4.75. The molecule has 0 radical (unpaired) electrons. The van der Waals surface area contributed by atoms with E-state index in [-0.39, 0.29) is 13.2 Å². The number of nitrogens with zero attached hydrogens (tertiary/aromatic N) is 1. The summed E-state index contributed by atoms with van der Waals surface area (Å²) >= 11 is 0. The lowest BCUT2D eigenvalue weighted by Crippen LogP contribution is -2.32. The van der Waals surface area contributed by atoms with Crippen LogP contribution in [0.15, 0.2) is 5.16 Å². The number of rotatable bonds is 13. The summed E-state index contributed by atoms with van der Waals surface area (Å²) in [6, 6.07) is 0. The number of hydrogen-bond acceptors (Lipinski definition) is 6. The predicted octanol–water partition coefficient (Wildman–Crippen LogP) is 3.52. The Kier molecular flexibility index (Phi) is 12.1. The number of nitrogens with one attached hydrogen (secondary N) is 1. The Bertz CT molecular complexity index is 373. The topological polar surface area (TPSA) is 97.2 Å². The molecule has 22 heavy (non-hydrogen) atoms. The minimum atomic E-state index is -3.91. The van der Waals surface area contributed by atoms with Crippen LogP contribution in [0.1, 0.15) is 59.3 Å². The molecule has 0 heterocycles. The second kappa shape index (κ2) is 12.6. The molecule has 0 saturated heterocycles. The standard InChI is InChI=1S/C14H29N2O5P/c1-4-7-10-15-13(17)14(16-18)22(19,20-11-8-5-2)21-12-9-6-3/h18H,4-12H2,1-3H3,(H,15,17)/b16-14+. The first-order chi connectivity index (χ1) is 10.6. The highest BCUT2D eigenvalue weighted by molar-refractivity contribution is 7.75. The summed E-state index contributed by atoms with van der Waals surface area (Å²) in [5.41, 5.74) is -0.573. The molecule has 2 N–H and O–H groups in total. The molecular weight excluding hydrogens is 307 g/mol. The summed E-state index contributed by atoms with van der Waals surface area (Å²) in [5.74, 6) is -0.715. The number of carbonyl (C=O) groups is 1. The van der Waals surface area contributed by atoms with Gasteiger partial charge in [-0.05, 0) is 19.3 Å². The molecular formula is C14H29N2O5P. The van der Waals surface area contributed by atoms with Crippen molar-refractivity contribution in [2.75, 3.05) is 19.8 Å². The van der Waals surface area contributed by atoms with Crippen molar-refractivity contribution in [2.45, 2.75) is 59.3 Å². The van der Waals surface area contributed by atoms with Crippen LogP contribution in [0.3, 0.4) is 0 Å². The van der Waals surface area contributed by atoms with Gasteiger partial charge in [-0.2, -0.15) is 0 Å². The van der Waals surface area contributed by atoms with E-state index in [4.69, 9.17) is 14.3 Å². The molecule has 0 aromatic heterocycles. The Labute approximate surface area is 133 Å². The summed E-state index contributed by atoms with van der Waals surface area (Å²) in [7, 11) is -3.91. The molecule has 1 amide bonds. The van der Waals surface area contributed by atoms with Gasteiger partial charge in [-0.1, -0.05) is 45.2 Å². The summed E-state index contributed by atoms with van der Waals surface area (Å²) in [5, 5.41) is 14.5. The minimum Gasteiger partial charge on any atom is -0.410 e. The summed E-state index contributed by atoms with van der Waals surface area (Å²) < 4.78 is 23.3. The fraction of sp³-hybridized carbons (Fsp3) is 0.857. The molecule has 0 saturated carbocycles. The molecule has 7 nitrogen and oxygen atoms in total. The number of amides is 1. The Hall–Kier alpha value is -0.910. The van der Waals surface area contributed by atoms with E-state index in [1.807, 2.05) is 20.8 Å². The van der Waals surface area contributed by atoms with Crippen molar-refractivity contribution in [3.63, 3.8) is 0 Å². The van der Waals surface area contributed by atoms with Gasteiger partial charge in [0.15, 0.2) is 0 Å². The van der Waals surface area contributed by atoms with E-state index in [9.17, 15) is 9.36 Å². The van der Waals surface area contributed by atoms with Gasteiger partial charge in [-0.25, -0.2) is 0 Å². The lowest BCUT2D eigenvalue weighted by atomic mass is 10.3. The number of oxime groups is 1. The molecule has 0 aliphatic carbocycles. The van der Waals surface area contributed by atoms with Crippen molar-refractivity contribution in [1.29, 1.82) is 0 Å². The predicted molar refractivity (Wildman–Crippen MR) is 86.5 cm³/mol. The van der Waals surface area contributed by atoms with Crippen LogP contribution in [0, 0.1) is 0 Å². The van der Waals surface area contributed by atoms with Crippen molar-refractivity contribution in [2.24, 2.45) is 5.16 Å². The zero-order valence-electron chi connectivity index (χ0n) is 13.8. The van der Waals surface area contributed by atoms with E-state index < -0.39 is 19.0 Å². The van der Waals surface area contributed by atoms with Gasteiger partial charge in [0, 0.05) is 6.54 Å². The van der Waals surface area contributed by atoms with E-state index in [0.29, 0.717) is 19.4 Å². The molecule has 0 bridgehead atoms. The molecule has 130 valence electrons. The van der Waals surface area contributed by atoms with Crippen LogP contribution in [0.25, 0.3) is 0 Å². The molecule has 0 aliphatic heterocycles. The van der Waals surface area contributed by atoms with Crippen LogP contribution in [0.2, 0.25) is 0 Å². The highest BCUT2D eigenvalue weighted by Crippen LogP contribution is 2.50. The van der Waals surface area contributed by atoms with Crippen LogP contribution in [0.4, 0.5) is 0 Å². The summed E-state index contributed by atoms with van der Waals surface area (Å²) in [6.45, 7) is 6.69. The van der Waals surface area contributed by atoms with Crippen LogP contribution >= 0.6 is 7.60 Å². The molecule has 0 aromatic rings. The van der Waals surface area contributed by atoms with E-state index in [1.54, 1.807) is 0 Å². The zero-order chi connectivity index (χ0) is 16.8. The fourth-order valence-corrected chi connectivity index (χ4v) is 3.00. The van der Waals surface area contributed by atoms with Gasteiger partial charge in [-0.15, -0.1) is 0 Å². The van der Waals surface area contributed by atoms with Crippen molar-refractivity contribution in [3.8, 4) is 0 Å². The third-order valence-electron chi connectivity index (χ3n) is 2.89. The van der Waals surface area contributed by atoms with Crippen LogP contribution in [0.5, 0.6) is 0 Å². The molecule has 0 aliphatic rings. The smallest absolute Gasteiger partial charge is 0.388 e. The second-order valence-electron chi connectivity index (χ2n) is 4.90. The Morgan fingerprint density at radius 3 is 1.95 bits per heavy atom. The molecule has 0 rings (SSSR count). The fourth-order valence-electron chi connectivity index (χ4n) is 1.50. The quantitative estimate of drug-likeness (QED) is 0.176. The van der Waals surface area contributed by atoms with Crippen molar-refractivity contribution in [1.82, 2.24) is 5.32 Å². The Balaban J connectivity index is 4.90. The van der Waals surface area contributed by atoms with Gasteiger partial charge in [0.25, 0.3) is 11.4 Å². The van der Waals surface area contributed by atoms with Crippen LogP contribution in [-0.2, 0) is 18.4 Å². The largest absolute Gasteiger partial charge is 0.410 e. The van der Waals surface area contributed by atoms with E-state index in [0.717, 1.165) is 25.7 Å². The van der Waals surface area contributed by atoms with E-state index in [1.165, 1.54) is 0 Å². The van der Waals surface area contributed by atoms with Crippen LogP contribution < -0.4 is 5.32 Å².